The standard InChI is InChI=1S/C16H19FO6P2.3K/c17-15-10-8-14(9-11-15)13-6-4-12(5-7-13)2-1-3-16(24(18,19)20)25(21,22)23;;;/h4-11,16H,1-3H2,(H2,18,19,20)(H2,21,22,23);;;/q;3*+1/p-3. The SMILES string of the molecule is O=P([O-])([O-])C(CCCc1ccc(-c2ccc(F)cc2)cc1)P(=O)([O-])O.[K+].[K+].[K+]. The van der Waals surface area contributed by atoms with Gasteiger partial charge in [-0.05, 0) is 48.1 Å². The van der Waals surface area contributed by atoms with Crippen molar-refractivity contribution in [3.8, 4) is 11.1 Å². The first-order valence-electron chi connectivity index (χ1n) is 7.47. The Morgan fingerprint density at radius 2 is 1.29 bits per heavy atom. The van der Waals surface area contributed by atoms with E-state index in [1.54, 1.807) is 36.4 Å². The molecule has 0 aliphatic heterocycles. The molecular weight excluding hydrogens is 486 g/mol. The van der Waals surface area contributed by atoms with Crippen LogP contribution in [0.3, 0.4) is 0 Å². The van der Waals surface area contributed by atoms with E-state index in [0.29, 0.717) is 6.42 Å². The van der Waals surface area contributed by atoms with Crippen LogP contribution < -0.4 is 169 Å². The van der Waals surface area contributed by atoms with Crippen LogP contribution in [0.15, 0.2) is 48.5 Å². The molecule has 0 radical (unpaired) electrons. The van der Waals surface area contributed by atoms with E-state index >= 15 is 0 Å². The number of hydrogen-bond acceptors (Lipinski definition) is 5. The summed E-state index contributed by atoms with van der Waals surface area (Å²) < 4.78 is 34.9. The summed E-state index contributed by atoms with van der Waals surface area (Å²) in [5, 5.41) is -2.29. The van der Waals surface area contributed by atoms with Crippen LogP contribution in [0.5, 0.6) is 0 Å². The van der Waals surface area contributed by atoms with Gasteiger partial charge < -0.3 is 28.7 Å². The minimum Gasteiger partial charge on any atom is -0.810 e. The largest absolute Gasteiger partial charge is 1.00 e. The molecule has 0 saturated carbocycles. The molecule has 28 heavy (non-hydrogen) atoms. The van der Waals surface area contributed by atoms with Gasteiger partial charge in [0, 0.05) is 0 Å². The van der Waals surface area contributed by atoms with Crippen molar-refractivity contribution in [2.45, 2.75) is 24.7 Å². The first-order valence-corrected chi connectivity index (χ1v) is 10.7. The summed E-state index contributed by atoms with van der Waals surface area (Å²) in [4.78, 5) is 41.8. The summed E-state index contributed by atoms with van der Waals surface area (Å²) >= 11 is 0. The molecule has 6 nitrogen and oxygen atoms in total. The van der Waals surface area contributed by atoms with Crippen molar-refractivity contribution in [1.29, 1.82) is 0 Å². The molecule has 2 atom stereocenters. The first kappa shape index (κ1) is 33.8. The molecule has 0 aromatic heterocycles. The van der Waals surface area contributed by atoms with Crippen LogP contribution in [-0.2, 0) is 15.6 Å². The number of hydrogen-bond donors (Lipinski definition) is 1. The van der Waals surface area contributed by atoms with Gasteiger partial charge in [-0.3, -0.25) is 0 Å². The summed E-state index contributed by atoms with van der Waals surface area (Å²) in [6, 6.07) is 13.1. The molecular formula is C16H16FK3O6P2. The van der Waals surface area contributed by atoms with E-state index in [1.807, 2.05) is 0 Å². The number of aryl methyl sites for hydroxylation is 1. The molecule has 0 fully saturated rings. The molecule has 0 heterocycles. The second-order valence-electron chi connectivity index (χ2n) is 5.68. The van der Waals surface area contributed by atoms with Crippen molar-refractivity contribution >= 4 is 15.2 Å². The summed E-state index contributed by atoms with van der Waals surface area (Å²) in [5.74, 6) is -0.330. The van der Waals surface area contributed by atoms with E-state index in [0.717, 1.165) is 16.7 Å². The van der Waals surface area contributed by atoms with Gasteiger partial charge in [-0.2, -0.15) is 0 Å². The van der Waals surface area contributed by atoms with Gasteiger partial charge in [-0.25, -0.2) is 4.39 Å². The molecule has 136 valence electrons. The first-order chi connectivity index (χ1) is 11.6. The molecule has 0 aliphatic rings. The number of benzene rings is 2. The van der Waals surface area contributed by atoms with Gasteiger partial charge in [-0.1, -0.05) is 44.0 Å². The molecule has 0 spiro atoms. The van der Waals surface area contributed by atoms with Crippen molar-refractivity contribution < 1.29 is 187 Å². The Kier molecular flexibility index (Phi) is 18.7. The normalized spacial score (nSPS) is 13.9. The van der Waals surface area contributed by atoms with Crippen LogP contribution in [0.2, 0.25) is 0 Å². The Labute approximate surface area is 291 Å². The van der Waals surface area contributed by atoms with E-state index in [4.69, 9.17) is 4.89 Å². The van der Waals surface area contributed by atoms with Crippen LogP contribution >= 0.6 is 15.2 Å². The molecule has 2 aromatic rings. The minimum absolute atomic E-state index is 0. The predicted octanol–water partition coefficient (Wildman–Crippen LogP) is -7.39. The third-order valence-corrected chi connectivity index (χ3v) is 7.52. The minimum atomic E-state index is -5.43. The zero-order chi connectivity index (χ0) is 18.7. The van der Waals surface area contributed by atoms with E-state index in [-0.39, 0.29) is 166 Å². The summed E-state index contributed by atoms with van der Waals surface area (Å²) in [5.41, 5.74) is 2.51. The van der Waals surface area contributed by atoms with Gasteiger partial charge in [0.05, 0.1) is 5.40 Å². The predicted molar refractivity (Wildman–Crippen MR) is 86.0 cm³/mol. The molecule has 2 aromatic carbocycles. The molecule has 0 aliphatic carbocycles. The van der Waals surface area contributed by atoms with E-state index in [9.17, 15) is 28.2 Å². The number of halogens is 1. The molecule has 1 N–H and O–H groups in total. The smallest absolute Gasteiger partial charge is 0.810 e. The van der Waals surface area contributed by atoms with Gasteiger partial charge >= 0.3 is 154 Å². The van der Waals surface area contributed by atoms with Crippen LogP contribution in [-0.4, -0.2) is 10.3 Å². The Morgan fingerprint density at radius 3 is 1.68 bits per heavy atom. The van der Waals surface area contributed by atoms with E-state index < -0.39 is 27.0 Å². The van der Waals surface area contributed by atoms with Gasteiger partial charge in [0.15, 0.2) is 0 Å². The molecule has 0 saturated heterocycles. The Morgan fingerprint density at radius 1 is 0.857 bits per heavy atom. The van der Waals surface area contributed by atoms with Gasteiger partial charge in [0.2, 0.25) is 0 Å². The Bertz CT molecular complexity index is 786. The fraction of sp³-hybridized carbons (Fsp3) is 0.250. The summed E-state index contributed by atoms with van der Waals surface area (Å²) in [7, 11) is -10.7. The fourth-order valence-electron chi connectivity index (χ4n) is 2.49. The van der Waals surface area contributed by atoms with Gasteiger partial charge in [-0.15, -0.1) is 0 Å². The quantitative estimate of drug-likeness (QED) is 0.297. The van der Waals surface area contributed by atoms with Crippen molar-refractivity contribution in [2.24, 2.45) is 0 Å². The average molecular weight is 503 g/mol. The topological polar surface area (TPSA) is 124 Å². The molecule has 2 rings (SSSR count). The zero-order valence-electron chi connectivity index (χ0n) is 16.1. The second kappa shape index (κ2) is 15.5. The van der Waals surface area contributed by atoms with E-state index in [1.165, 1.54) is 12.1 Å². The summed E-state index contributed by atoms with van der Waals surface area (Å²) in [6.07, 6.45) is 0.00326. The maximum absolute atomic E-state index is 12.9. The van der Waals surface area contributed by atoms with Crippen LogP contribution in [0.4, 0.5) is 4.39 Å². The van der Waals surface area contributed by atoms with E-state index in [2.05, 4.69) is 0 Å². The monoisotopic (exact) mass is 502 g/mol. The molecule has 0 amide bonds. The summed E-state index contributed by atoms with van der Waals surface area (Å²) in [6.45, 7) is 0. The van der Waals surface area contributed by atoms with Crippen molar-refractivity contribution in [1.82, 2.24) is 0 Å². The fourth-order valence-corrected chi connectivity index (χ4v) is 4.93. The average Bonchev–Trinajstić information content (AvgIpc) is 2.50. The van der Waals surface area contributed by atoms with Crippen molar-refractivity contribution in [2.75, 3.05) is 0 Å². The maximum atomic E-state index is 12.9. The zero-order valence-corrected chi connectivity index (χ0v) is 27.2. The van der Waals surface area contributed by atoms with Gasteiger partial charge in [0.1, 0.15) is 13.4 Å². The van der Waals surface area contributed by atoms with Crippen molar-refractivity contribution in [3.05, 3.63) is 59.9 Å². The Balaban J connectivity index is 0. The molecule has 2 unspecified atom stereocenters. The number of rotatable bonds is 7. The maximum Gasteiger partial charge on any atom is 1.00 e. The van der Waals surface area contributed by atoms with Crippen LogP contribution in [0, 0.1) is 5.82 Å². The second-order valence-corrected chi connectivity index (χ2v) is 9.54. The third kappa shape index (κ3) is 11.6. The third-order valence-electron chi connectivity index (χ3n) is 3.80. The molecule has 12 heteroatoms. The van der Waals surface area contributed by atoms with Crippen LogP contribution in [0.25, 0.3) is 11.1 Å². The Hall–Kier alpha value is 3.58. The van der Waals surface area contributed by atoms with Crippen LogP contribution in [0.1, 0.15) is 18.4 Å². The van der Waals surface area contributed by atoms with Gasteiger partial charge in [0.25, 0.3) is 0 Å². The molecule has 0 bridgehead atoms. The van der Waals surface area contributed by atoms with Crippen molar-refractivity contribution in [3.63, 3.8) is 0 Å².